The first kappa shape index (κ1) is 13.5. The highest BCUT2D eigenvalue weighted by molar-refractivity contribution is 5.93. The second-order valence-electron chi connectivity index (χ2n) is 5.13. The Labute approximate surface area is 122 Å². The molecule has 1 unspecified atom stereocenters. The second-order valence-corrected chi connectivity index (χ2v) is 5.13. The van der Waals surface area contributed by atoms with E-state index in [-0.39, 0.29) is 11.6 Å². The maximum Gasteiger partial charge on any atom is 0.339 e. The van der Waals surface area contributed by atoms with E-state index in [1.165, 1.54) is 0 Å². The molecule has 2 aromatic rings. The molecule has 1 aromatic carbocycles. The van der Waals surface area contributed by atoms with Crippen LogP contribution in [0.1, 0.15) is 34.8 Å². The highest BCUT2D eigenvalue weighted by atomic mass is 16.5. The van der Waals surface area contributed by atoms with Gasteiger partial charge in [0.2, 0.25) is 0 Å². The molecule has 0 aliphatic carbocycles. The average Bonchev–Trinajstić information content (AvgIpc) is 2.91. The van der Waals surface area contributed by atoms with Gasteiger partial charge in [0.15, 0.2) is 5.75 Å². The van der Waals surface area contributed by atoms with Crippen molar-refractivity contribution in [3.8, 4) is 5.75 Å². The lowest BCUT2D eigenvalue weighted by molar-refractivity contribution is 0.0692. The van der Waals surface area contributed by atoms with Crippen molar-refractivity contribution in [2.24, 2.45) is 0 Å². The molecule has 0 saturated carbocycles. The first-order valence-corrected chi connectivity index (χ1v) is 6.90. The van der Waals surface area contributed by atoms with Crippen molar-refractivity contribution in [1.29, 1.82) is 0 Å². The average molecular weight is 287 g/mol. The van der Waals surface area contributed by atoms with Crippen LogP contribution in [-0.4, -0.2) is 24.2 Å². The van der Waals surface area contributed by atoms with Crippen LogP contribution in [0.4, 0.5) is 5.69 Å². The smallest absolute Gasteiger partial charge is 0.339 e. The van der Waals surface area contributed by atoms with Gasteiger partial charge in [0, 0.05) is 0 Å². The number of aryl methyl sites for hydroxylation is 1. The Bertz CT molecular complexity index is 677. The first-order chi connectivity index (χ1) is 10.1. The molecule has 0 spiro atoms. The van der Waals surface area contributed by atoms with Crippen LogP contribution < -0.4 is 9.64 Å². The van der Waals surface area contributed by atoms with Crippen LogP contribution in [0, 0.1) is 6.92 Å². The second kappa shape index (κ2) is 5.16. The maximum absolute atomic E-state index is 11.3. The lowest BCUT2D eigenvalue weighted by Gasteiger charge is -2.35. The van der Waals surface area contributed by atoms with E-state index in [9.17, 15) is 9.90 Å². The fourth-order valence-corrected chi connectivity index (χ4v) is 2.67. The number of hydrogen-bond acceptors (Lipinski definition) is 4. The van der Waals surface area contributed by atoms with Gasteiger partial charge in [0.1, 0.15) is 23.7 Å². The van der Waals surface area contributed by atoms with Gasteiger partial charge in [-0.2, -0.15) is 0 Å². The molecule has 0 radical (unpaired) electrons. The molecule has 5 nitrogen and oxygen atoms in total. The van der Waals surface area contributed by atoms with Gasteiger partial charge in [0.05, 0.1) is 18.3 Å². The molecule has 0 amide bonds. The molecule has 1 aliphatic heterocycles. The number of carbonyl (C=O) groups is 1. The number of para-hydroxylation sites is 1. The zero-order valence-electron chi connectivity index (χ0n) is 12.0. The molecule has 0 fully saturated rings. The molecule has 21 heavy (non-hydrogen) atoms. The Hall–Kier alpha value is -2.43. The van der Waals surface area contributed by atoms with Crippen molar-refractivity contribution in [1.82, 2.24) is 0 Å². The lowest BCUT2D eigenvalue weighted by Crippen LogP contribution is -2.35. The maximum atomic E-state index is 11.3. The Kier molecular flexibility index (Phi) is 3.33. The van der Waals surface area contributed by atoms with Crippen LogP contribution in [-0.2, 0) is 0 Å². The minimum atomic E-state index is -0.977. The van der Waals surface area contributed by atoms with Crippen molar-refractivity contribution in [2.75, 3.05) is 18.1 Å². The summed E-state index contributed by atoms with van der Waals surface area (Å²) in [5, 5.41) is 9.27. The van der Waals surface area contributed by atoms with Crippen LogP contribution in [0.5, 0.6) is 5.75 Å². The number of ether oxygens (including phenoxy) is 1. The molecule has 1 N–H and O–H groups in total. The molecule has 0 saturated heterocycles. The van der Waals surface area contributed by atoms with Crippen molar-refractivity contribution in [3.05, 3.63) is 47.4 Å². The minimum absolute atomic E-state index is 0.0189. The molecular weight excluding hydrogens is 270 g/mol. The summed E-state index contributed by atoms with van der Waals surface area (Å²) in [6.07, 6.45) is 0. The van der Waals surface area contributed by atoms with Crippen LogP contribution in [0.3, 0.4) is 0 Å². The van der Waals surface area contributed by atoms with E-state index >= 15 is 0 Å². The molecule has 2 heterocycles. The fraction of sp³-hybridized carbons (Fsp3) is 0.312. The summed E-state index contributed by atoms with van der Waals surface area (Å²) in [6, 6.07) is 9.09. The third-order valence-electron chi connectivity index (χ3n) is 3.75. The monoisotopic (exact) mass is 287 g/mol. The number of nitrogens with zero attached hydrogens (tertiary/aromatic N) is 1. The quantitative estimate of drug-likeness (QED) is 0.939. The summed E-state index contributed by atoms with van der Waals surface area (Å²) in [5.41, 5.74) is 0.989. The topological polar surface area (TPSA) is 62.9 Å². The number of hydrogen-bond donors (Lipinski definition) is 1. The Balaban J connectivity index is 2.01. The van der Waals surface area contributed by atoms with Gasteiger partial charge in [-0.25, -0.2) is 4.79 Å². The number of furan rings is 1. The summed E-state index contributed by atoms with van der Waals surface area (Å²) in [4.78, 5) is 13.4. The largest absolute Gasteiger partial charge is 0.489 e. The molecule has 1 atom stereocenters. The van der Waals surface area contributed by atoms with Crippen LogP contribution in [0.2, 0.25) is 0 Å². The highest BCUT2D eigenvalue weighted by Crippen LogP contribution is 2.39. The van der Waals surface area contributed by atoms with Gasteiger partial charge in [0.25, 0.3) is 0 Å². The minimum Gasteiger partial charge on any atom is -0.489 e. The van der Waals surface area contributed by atoms with Crippen molar-refractivity contribution in [3.63, 3.8) is 0 Å². The van der Waals surface area contributed by atoms with E-state index in [0.29, 0.717) is 18.9 Å². The summed E-state index contributed by atoms with van der Waals surface area (Å²) >= 11 is 0. The SMILES string of the molecule is Cc1ccc(C(C)N2CCOc3c(C(=O)O)cccc32)o1. The predicted molar refractivity (Wildman–Crippen MR) is 78.1 cm³/mol. The molecular formula is C16H17NO4. The van der Waals surface area contributed by atoms with Crippen LogP contribution in [0.25, 0.3) is 0 Å². The predicted octanol–water partition coefficient (Wildman–Crippen LogP) is 3.25. The number of aromatic carboxylic acids is 1. The number of benzene rings is 1. The van der Waals surface area contributed by atoms with E-state index < -0.39 is 5.97 Å². The van der Waals surface area contributed by atoms with E-state index in [2.05, 4.69) is 4.90 Å². The van der Waals surface area contributed by atoms with Crippen molar-refractivity contribution >= 4 is 11.7 Å². The fourth-order valence-electron chi connectivity index (χ4n) is 2.67. The molecule has 110 valence electrons. The molecule has 1 aliphatic rings. The standard InChI is InChI=1S/C16H17NO4/c1-10-6-7-14(21-10)11(2)17-8-9-20-15-12(16(18)19)4-3-5-13(15)17/h3-7,11H,8-9H2,1-2H3,(H,18,19). The zero-order chi connectivity index (χ0) is 15.0. The first-order valence-electron chi connectivity index (χ1n) is 6.90. The van der Waals surface area contributed by atoms with Gasteiger partial charge in [-0.3, -0.25) is 0 Å². The Morgan fingerprint density at radius 3 is 2.81 bits per heavy atom. The molecule has 3 rings (SSSR count). The van der Waals surface area contributed by atoms with Gasteiger partial charge in [-0.1, -0.05) is 6.07 Å². The number of anilines is 1. The zero-order valence-corrected chi connectivity index (χ0v) is 12.0. The summed E-state index contributed by atoms with van der Waals surface area (Å²) in [5.74, 6) is 1.19. The van der Waals surface area contributed by atoms with Gasteiger partial charge >= 0.3 is 5.97 Å². The van der Waals surface area contributed by atoms with E-state index in [1.54, 1.807) is 12.1 Å². The number of carboxylic acids is 1. The van der Waals surface area contributed by atoms with Crippen molar-refractivity contribution < 1.29 is 19.1 Å². The normalized spacial score (nSPS) is 15.2. The number of rotatable bonds is 3. The van der Waals surface area contributed by atoms with Crippen LogP contribution >= 0.6 is 0 Å². The van der Waals surface area contributed by atoms with Gasteiger partial charge in [-0.15, -0.1) is 0 Å². The van der Waals surface area contributed by atoms with Crippen LogP contribution in [0.15, 0.2) is 34.7 Å². The van der Waals surface area contributed by atoms with Crippen molar-refractivity contribution in [2.45, 2.75) is 19.9 Å². The Morgan fingerprint density at radius 2 is 2.14 bits per heavy atom. The Morgan fingerprint density at radius 1 is 1.33 bits per heavy atom. The molecule has 0 bridgehead atoms. The van der Waals surface area contributed by atoms with Gasteiger partial charge < -0.3 is 19.2 Å². The summed E-state index contributed by atoms with van der Waals surface area (Å²) < 4.78 is 11.3. The highest BCUT2D eigenvalue weighted by Gasteiger charge is 2.28. The summed E-state index contributed by atoms with van der Waals surface area (Å²) in [7, 11) is 0. The summed E-state index contributed by atoms with van der Waals surface area (Å²) in [6.45, 7) is 5.10. The third kappa shape index (κ3) is 2.35. The van der Waals surface area contributed by atoms with Gasteiger partial charge in [-0.05, 0) is 38.1 Å². The van der Waals surface area contributed by atoms with E-state index in [1.807, 2.05) is 32.0 Å². The third-order valence-corrected chi connectivity index (χ3v) is 3.75. The number of fused-ring (bicyclic) bond motifs is 1. The lowest BCUT2D eigenvalue weighted by atomic mass is 10.1. The van der Waals surface area contributed by atoms with E-state index in [4.69, 9.17) is 9.15 Å². The molecule has 1 aromatic heterocycles. The van der Waals surface area contributed by atoms with E-state index in [0.717, 1.165) is 17.2 Å². The number of carboxylic acid groups (broad SMARTS) is 1. The molecule has 5 heteroatoms.